The van der Waals surface area contributed by atoms with E-state index in [9.17, 15) is 5.11 Å². The summed E-state index contributed by atoms with van der Waals surface area (Å²) in [5.41, 5.74) is 1.74. The lowest BCUT2D eigenvalue weighted by molar-refractivity contribution is 0.289. The molecule has 3 rings (SSSR count). The van der Waals surface area contributed by atoms with Gasteiger partial charge in [0.25, 0.3) is 0 Å². The fraction of sp³-hybridized carbons (Fsp3) is 0.0667. The van der Waals surface area contributed by atoms with Crippen molar-refractivity contribution in [3.8, 4) is 11.5 Å². The molecule has 0 saturated carbocycles. The largest absolute Gasteiger partial charge is 0.504 e. The average Bonchev–Trinajstić information content (AvgIpc) is 2.46. The summed E-state index contributed by atoms with van der Waals surface area (Å²) in [5, 5.41) is 10.7. The highest BCUT2D eigenvalue weighted by atomic mass is 16.5. The molecule has 0 bridgehead atoms. The van der Waals surface area contributed by atoms with Crippen molar-refractivity contribution >= 4 is 10.9 Å². The van der Waals surface area contributed by atoms with E-state index in [2.05, 4.69) is 9.97 Å². The van der Waals surface area contributed by atoms with Crippen LogP contribution in [-0.4, -0.2) is 15.1 Å². The molecule has 94 valence electrons. The van der Waals surface area contributed by atoms with E-state index in [1.165, 1.54) is 6.33 Å². The first-order valence-corrected chi connectivity index (χ1v) is 5.92. The molecule has 1 aromatic heterocycles. The first kappa shape index (κ1) is 11.5. The Hall–Kier alpha value is -2.62. The van der Waals surface area contributed by atoms with Crippen molar-refractivity contribution in [3.05, 3.63) is 60.6 Å². The number of rotatable bonds is 3. The molecular formula is C15H12N2O2. The maximum atomic E-state index is 9.90. The maximum absolute atomic E-state index is 9.90. The highest BCUT2D eigenvalue weighted by molar-refractivity contribution is 5.81. The van der Waals surface area contributed by atoms with Gasteiger partial charge in [0.1, 0.15) is 12.9 Å². The van der Waals surface area contributed by atoms with Gasteiger partial charge < -0.3 is 9.84 Å². The van der Waals surface area contributed by atoms with Gasteiger partial charge in [-0.1, -0.05) is 30.3 Å². The zero-order valence-corrected chi connectivity index (χ0v) is 10.2. The van der Waals surface area contributed by atoms with E-state index in [1.807, 2.05) is 30.3 Å². The highest BCUT2D eigenvalue weighted by Crippen LogP contribution is 2.30. The molecule has 0 amide bonds. The van der Waals surface area contributed by atoms with Crippen LogP contribution in [0.4, 0.5) is 0 Å². The van der Waals surface area contributed by atoms with Crippen molar-refractivity contribution < 1.29 is 9.84 Å². The van der Waals surface area contributed by atoms with Crippen LogP contribution in [0.3, 0.4) is 0 Å². The Kier molecular flexibility index (Phi) is 2.98. The number of ether oxygens (including phenoxy) is 1. The Bertz CT molecular complexity index is 699. The number of nitrogens with zero attached hydrogens (tertiary/aromatic N) is 2. The van der Waals surface area contributed by atoms with E-state index in [0.717, 1.165) is 10.9 Å². The number of fused-ring (bicyclic) bond motifs is 1. The Morgan fingerprint density at radius 3 is 2.79 bits per heavy atom. The Balaban J connectivity index is 1.86. The fourth-order valence-corrected chi connectivity index (χ4v) is 1.85. The maximum Gasteiger partial charge on any atom is 0.162 e. The second-order valence-corrected chi connectivity index (χ2v) is 4.18. The second kappa shape index (κ2) is 4.94. The lowest BCUT2D eigenvalue weighted by atomic mass is 10.2. The van der Waals surface area contributed by atoms with E-state index in [4.69, 9.17) is 4.74 Å². The zero-order chi connectivity index (χ0) is 13.1. The summed E-state index contributed by atoms with van der Waals surface area (Å²) in [5.74, 6) is 0.522. The van der Waals surface area contributed by atoms with Crippen molar-refractivity contribution in [1.82, 2.24) is 9.97 Å². The van der Waals surface area contributed by atoms with E-state index >= 15 is 0 Å². The van der Waals surface area contributed by atoms with Crippen LogP contribution in [0.25, 0.3) is 10.9 Å². The SMILES string of the molecule is Oc1cc2ncncc2cc1OCc1ccccc1. The van der Waals surface area contributed by atoms with Crippen LogP contribution in [0, 0.1) is 0 Å². The van der Waals surface area contributed by atoms with Gasteiger partial charge in [-0.3, -0.25) is 0 Å². The summed E-state index contributed by atoms with van der Waals surface area (Å²) in [7, 11) is 0. The molecule has 4 heteroatoms. The van der Waals surface area contributed by atoms with Gasteiger partial charge in [0, 0.05) is 17.6 Å². The lowest BCUT2D eigenvalue weighted by Gasteiger charge is -2.09. The molecule has 0 atom stereocenters. The van der Waals surface area contributed by atoms with Crippen LogP contribution in [0.1, 0.15) is 5.56 Å². The number of benzene rings is 2. The standard InChI is InChI=1S/C15H12N2O2/c18-14-7-13-12(8-16-10-17-13)6-15(14)19-9-11-4-2-1-3-5-11/h1-8,10,18H,9H2. The van der Waals surface area contributed by atoms with Crippen molar-refractivity contribution in [1.29, 1.82) is 0 Å². The van der Waals surface area contributed by atoms with Crippen molar-refractivity contribution in [2.75, 3.05) is 0 Å². The van der Waals surface area contributed by atoms with Gasteiger partial charge in [0.15, 0.2) is 11.5 Å². The van der Waals surface area contributed by atoms with Crippen molar-refractivity contribution in [2.45, 2.75) is 6.61 Å². The fourth-order valence-electron chi connectivity index (χ4n) is 1.85. The minimum absolute atomic E-state index is 0.0853. The van der Waals surface area contributed by atoms with Crippen LogP contribution in [-0.2, 0) is 6.61 Å². The Morgan fingerprint density at radius 1 is 1.11 bits per heavy atom. The average molecular weight is 252 g/mol. The number of phenols is 1. The quantitative estimate of drug-likeness (QED) is 0.778. The molecule has 0 spiro atoms. The summed E-state index contributed by atoms with van der Waals surface area (Å²) in [6.45, 7) is 0.410. The van der Waals surface area contributed by atoms with E-state index < -0.39 is 0 Å². The zero-order valence-electron chi connectivity index (χ0n) is 10.2. The predicted molar refractivity (Wildman–Crippen MR) is 72.0 cm³/mol. The Morgan fingerprint density at radius 2 is 1.95 bits per heavy atom. The second-order valence-electron chi connectivity index (χ2n) is 4.18. The number of aromatic hydroxyl groups is 1. The number of hydrogen-bond acceptors (Lipinski definition) is 4. The first-order valence-electron chi connectivity index (χ1n) is 5.92. The number of hydrogen-bond donors (Lipinski definition) is 1. The van der Waals surface area contributed by atoms with E-state index in [0.29, 0.717) is 17.9 Å². The molecule has 0 saturated heterocycles. The van der Waals surface area contributed by atoms with E-state index in [1.54, 1.807) is 18.3 Å². The molecule has 3 aromatic rings. The monoisotopic (exact) mass is 252 g/mol. The minimum atomic E-state index is 0.0853. The summed E-state index contributed by atoms with van der Waals surface area (Å²) in [4.78, 5) is 8.03. The summed E-state index contributed by atoms with van der Waals surface area (Å²) < 4.78 is 5.63. The normalized spacial score (nSPS) is 10.5. The van der Waals surface area contributed by atoms with Gasteiger partial charge in [-0.2, -0.15) is 0 Å². The van der Waals surface area contributed by atoms with Crippen molar-refractivity contribution in [3.63, 3.8) is 0 Å². The molecule has 0 radical (unpaired) electrons. The highest BCUT2D eigenvalue weighted by Gasteiger charge is 2.06. The third-order valence-electron chi connectivity index (χ3n) is 2.82. The first-order chi connectivity index (χ1) is 9.33. The Labute approximate surface area is 110 Å². The predicted octanol–water partition coefficient (Wildman–Crippen LogP) is 2.91. The molecule has 2 aromatic carbocycles. The topological polar surface area (TPSA) is 55.2 Å². The smallest absolute Gasteiger partial charge is 0.162 e. The number of aromatic nitrogens is 2. The molecular weight excluding hydrogens is 240 g/mol. The minimum Gasteiger partial charge on any atom is -0.504 e. The molecule has 0 aliphatic rings. The van der Waals surface area contributed by atoms with Crippen LogP contribution in [0.2, 0.25) is 0 Å². The molecule has 4 nitrogen and oxygen atoms in total. The van der Waals surface area contributed by atoms with Gasteiger partial charge in [-0.05, 0) is 11.6 Å². The molecule has 0 aliphatic carbocycles. The van der Waals surface area contributed by atoms with Gasteiger partial charge in [0.05, 0.1) is 5.52 Å². The van der Waals surface area contributed by atoms with Gasteiger partial charge in [-0.15, -0.1) is 0 Å². The molecule has 0 unspecified atom stereocenters. The summed E-state index contributed by atoms with van der Waals surface area (Å²) in [6.07, 6.45) is 3.14. The van der Waals surface area contributed by atoms with Gasteiger partial charge >= 0.3 is 0 Å². The van der Waals surface area contributed by atoms with Gasteiger partial charge in [-0.25, -0.2) is 9.97 Å². The van der Waals surface area contributed by atoms with Crippen molar-refractivity contribution in [2.24, 2.45) is 0 Å². The number of phenolic OH excluding ortho intramolecular Hbond substituents is 1. The summed E-state index contributed by atoms with van der Waals surface area (Å²) >= 11 is 0. The van der Waals surface area contributed by atoms with Crippen LogP contribution >= 0.6 is 0 Å². The third kappa shape index (κ3) is 2.47. The molecule has 0 aliphatic heterocycles. The summed E-state index contributed by atoms with van der Waals surface area (Å²) in [6, 6.07) is 13.1. The van der Waals surface area contributed by atoms with Crippen LogP contribution in [0.15, 0.2) is 55.0 Å². The molecule has 19 heavy (non-hydrogen) atoms. The lowest BCUT2D eigenvalue weighted by Crippen LogP contribution is -1.95. The van der Waals surface area contributed by atoms with Crippen LogP contribution < -0.4 is 4.74 Å². The molecule has 1 heterocycles. The third-order valence-corrected chi connectivity index (χ3v) is 2.82. The van der Waals surface area contributed by atoms with E-state index in [-0.39, 0.29) is 5.75 Å². The molecule has 0 fully saturated rings. The molecule has 1 N–H and O–H groups in total. The van der Waals surface area contributed by atoms with Crippen LogP contribution in [0.5, 0.6) is 11.5 Å². The van der Waals surface area contributed by atoms with Gasteiger partial charge in [0.2, 0.25) is 0 Å².